The van der Waals surface area contributed by atoms with E-state index in [9.17, 15) is 0 Å². The lowest BCUT2D eigenvalue weighted by molar-refractivity contribution is 0.132. The fourth-order valence-electron chi connectivity index (χ4n) is 3.27. The summed E-state index contributed by atoms with van der Waals surface area (Å²) < 4.78 is 6.23. The molecule has 3 heteroatoms. The summed E-state index contributed by atoms with van der Waals surface area (Å²) in [5.74, 6) is 1.08. The minimum Gasteiger partial charge on any atom is -0.487 e. The lowest BCUT2D eigenvalue weighted by Gasteiger charge is -2.31. The molecule has 1 atom stereocenters. The van der Waals surface area contributed by atoms with E-state index in [1.165, 1.54) is 24.0 Å². The summed E-state index contributed by atoms with van der Waals surface area (Å²) in [5, 5.41) is 0. The third-order valence-corrected chi connectivity index (χ3v) is 4.35. The summed E-state index contributed by atoms with van der Waals surface area (Å²) in [5.41, 5.74) is 8.60. The van der Waals surface area contributed by atoms with E-state index in [0.29, 0.717) is 6.54 Å². The van der Waals surface area contributed by atoms with Crippen LogP contribution in [0.15, 0.2) is 18.2 Å². The van der Waals surface area contributed by atoms with E-state index < -0.39 is 0 Å². The molecule has 0 radical (unpaired) electrons. The summed E-state index contributed by atoms with van der Waals surface area (Å²) in [6.07, 6.45) is 3.41. The number of likely N-dealkylation sites (N-methyl/N-ethyl adjacent to an activating group) is 1. The molecule has 1 aromatic rings. The van der Waals surface area contributed by atoms with Crippen LogP contribution in [0.25, 0.3) is 0 Å². The third kappa shape index (κ3) is 3.58. The van der Waals surface area contributed by atoms with Gasteiger partial charge in [0.2, 0.25) is 0 Å². The van der Waals surface area contributed by atoms with Crippen molar-refractivity contribution in [1.82, 2.24) is 4.90 Å². The minimum atomic E-state index is -0.0992. The Balaban J connectivity index is 2.29. The van der Waals surface area contributed by atoms with Gasteiger partial charge in [-0.15, -0.1) is 0 Å². The maximum absolute atomic E-state index is 6.23. The van der Waals surface area contributed by atoms with Gasteiger partial charge in [-0.25, -0.2) is 0 Å². The maximum atomic E-state index is 6.23. The summed E-state index contributed by atoms with van der Waals surface area (Å²) in [6.45, 7) is 11.5. The van der Waals surface area contributed by atoms with Crippen molar-refractivity contribution in [2.45, 2.75) is 58.6 Å². The number of fused-ring (bicyclic) bond motifs is 1. The molecule has 0 amide bonds. The molecule has 0 saturated heterocycles. The first kappa shape index (κ1) is 16.3. The largest absolute Gasteiger partial charge is 0.487 e. The van der Waals surface area contributed by atoms with Gasteiger partial charge in [0.1, 0.15) is 11.4 Å². The predicted molar refractivity (Wildman–Crippen MR) is 88.8 cm³/mol. The van der Waals surface area contributed by atoms with Gasteiger partial charge in [-0.05, 0) is 38.9 Å². The van der Waals surface area contributed by atoms with E-state index in [-0.39, 0.29) is 11.6 Å². The lowest BCUT2D eigenvalue weighted by atomic mass is 9.97. The highest BCUT2D eigenvalue weighted by Crippen LogP contribution is 2.41. The minimum absolute atomic E-state index is 0.0992. The Hall–Kier alpha value is -1.06. The summed E-state index contributed by atoms with van der Waals surface area (Å²) >= 11 is 0. The highest BCUT2D eigenvalue weighted by Gasteiger charge is 2.33. The number of hydrogen-bond donors (Lipinski definition) is 1. The van der Waals surface area contributed by atoms with E-state index in [0.717, 1.165) is 25.3 Å². The average molecular weight is 290 g/mol. The zero-order valence-electron chi connectivity index (χ0n) is 14.0. The van der Waals surface area contributed by atoms with Crippen LogP contribution in [0.1, 0.15) is 57.7 Å². The molecule has 0 aromatic heterocycles. The zero-order chi connectivity index (χ0) is 15.5. The molecule has 1 aliphatic rings. The lowest BCUT2D eigenvalue weighted by Crippen LogP contribution is -2.35. The number of ether oxygens (including phenoxy) is 1. The van der Waals surface area contributed by atoms with Gasteiger partial charge in [-0.3, -0.25) is 4.90 Å². The number of unbranched alkanes of at least 4 members (excludes halogenated alkanes) is 1. The van der Waals surface area contributed by atoms with Crippen LogP contribution in [0.4, 0.5) is 0 Å². The Labute approximate surface area is 129 Å². The smallest absolute Gasteiger partial charge is 0.128 e. The predicted octanol–water partition coefficient (Wildman–Crippen LogP) is 3.52. The van der Waals surface area contributed by atoms with Gasteiger partial charge in [0.15, 0.2) is 0 Å². The zero-order valence-corrected chi connectivity index (χ0v) is 14.0. The maximum Gasteiger partial charge on any atom is 0.128 e. The molecular formula is C18H30N2O. The summed E-state index contributed by atoms with van der Waals surface area (Å²) in [4.78, 5) is 2.48. The molecule has 118 valence electrons. The molecule has 2 rings (SSSR count). The number of para-hydroxylation sites is 1. The second kappa shape index (κ2) is 6.80. The fourth-order valence-corrected chi connectivity index (χ4v) is 3.27. The first-order valence-electron chi connectivity index (χ1n) is 8.27. The van der Waals surface area contributed by atoms with Crippen LogP contribution in [0.3, 0.4) is 0 Å². The molecule has 1 heterocycles. The highest BCUT2D eigenvalue weighted by molar-refractivity contribution is 5.47. The standard InChI is InChI=1S/C18H30N2O/c1-5-7-11-20(6-2)16(13-19)15-10-8-9-14-12-18(3,4)21-17(14)15/h8-10,16H,5-7,11-13,19H2,1-4H3. The first-order chi connectivity index (χ1) is 10.0. The Morgan fingerprint density at radius 1 is 1.33 bits per heavy atom. The average Bonchev–Trinajstić information content (AvgIpc) is 2.77. The fraction of sp³-hybridized carbons (Fsp3) is 0.667. The van der Waals surface area contributed by atoms with Crippen LogP contribution in [0, 0.1) is 0 Å². The summed E-state index contributed by atoms with van der Waals surface area (Å²) in [7, 11) is 0. The molecule has 2 N–H and O–H groups in total. The molecule has 1 aliphatic heterocycles. The van der Waals surface area contributed by atoms with Crippen molar-refractivity contribution in [3.05, 3.63) is 29.3 Å². The highest BCUT2D eigenvalue weighted by atomic mass is 16.5. The Kier molecular flexibility index (Phi) is 5.28. The number of nitrogens with two attached hydrogens (primary N) is 1. The molecule has 0 aliphatic carbocycles. The van der Waals surface area contributed by atoms with Crippen molar-refractivity contribution in [2.24, 2.45) is 5.73 Å². The SMILES string of the molecule is CCCCN(CC)C(CN)c1cccc2c1OC(C)(C)C2. The van der Waals surface area contributed by atoms with Crippen molar-refractivity contribution < 1.29 is 4.74 Å². The van der Waals surface area contributed by atoms with Gasteiger partial charge in [0.05, 0.1) is 6.04 Å². The molecule has 0 bridgehead atoms. The molecule has 0 saturated carbocycles. The van der Waals surface area contributed by atoms with E-state index in [1.807, 2.05) is 0 Å². The molecule has 0 spiro atoms. The second-order valence-corrected chi connectivity index (χ2v) is 6.61. The molecule has 1 unspecified atom stereocenters. The molecule has 1 aromatic carbocycles. The monoisotopic (exact) mass is 290 g/mol. The number of rotatable bonds is 7. The van der Waals surface area contributed by atoms with Crippen molar-refractivity contribution in [2.75, 3.05) is 19.6 Å². The van der Waals surface area contributed by atoms with Crippen LogP contribution < -0.4 is 10.5 Å². The second-order valence-electron chi connectivity index (χ2n) is 6.61. The first-order valence-corrected chi connectivity index (χ1v) is 8.27. The summed E-state index contributed by atoms with van der Waals surface area (Å²) in [6, 6.07) is 6.77. The van der Waals surface area contributed by atoms with Crippen molar-refractivity contribution in [3.8, 4) is 5.75 Å². The van der Waals surface area contributed by atoms with Crippen LogP contribution in [0.2, 0.25) is 0 Å². The van der Waals surface area contributed by atoms with Crippen LogP contribution in [0.5, 0.6) is 5.75 Å². The van der Waals surface area contributed by atoms with Gasteiger partial charge < -0.3 is 10.5 Å². The van der Waals surface area contributed by atoms with E-state index in [4.69, 9.17) is 10.5 Å². The Morgan fingerprint density at radius 3 is 2.71 bits per heavy atom. The number of hydrogen-bond acceptors (Lipinski definition) is 3. The third-order valence-electron chi connectivity index (χ3n) is 4.35. The number of benzene rings is 1. The molecule has 0 fully saturated rings. The van der Waals surface area contributed by atoms with Gasteiger partial charge in [-0.2, -0.15) is 0 Å². The van der Waals surface area contributed by atoms with Crippen molar-refractivity contribution in [3.63, 3.8) is 0 Å². The van der Waals surface area contributed by atoms with Crippen LogP contribution >= 0.6 is 0 Å². The van der Waals surface area contributed by atoms with Gasteiger partial charge in [0, 0.05) is 18.5 Å². The Morgan fingerprint density at radius 2 is 2.10 bits per heavy atom. The van der Waals surface area contributed by atoms with Crippen LogP contribution in [-0.4, -0.2) is 30.1 Å². The topological polar surface area (TPSA) is 38.5 Å². The molecule has 3 nitrogen and oxygen atoms in total. The van der Waals surface area contributed by atoms with Gasteiger partial charge >= 0.3 is 0 Å². The van der Waals surface area contributed by atoms with E-state index in [1.54, 1.807) is 0 Å². The van der Waals surface area contributed by atoms with Crippen molar-refractivity contribution >= 4 is 0 Å². The van der Waals surface area contributed by atoms with Crippen LogP contribution in [-0.2, 0) is 6.42 Å². The van der Waals surface area contributed by atoms with Gasteiger partial charge in [0.25, 0.3) is 0 Å². The quantitative estimate of drug-likeness (QED) is 0.835. The normalized spacial score (nSPS) is 17.6. The molecular weight excluding hydrogens is 260 g/mol. The van der Waals surface area contributed by atoms with E-state index >= 15 is 0 Å². The molecule has 21 heavy (non-hydrogen) atoms. The van der Waals surface area contributed by atoms with E-state index in [2.05, 4.69) is 50.8 Å². The Bertz CT molecular complexity index is 470. The van der Waals surface area contributed by atoms with Gasteiger partial charge in [-0.1, -0.05) is 38.5 Å². The van der Waals surface area contributed by atoms with Crippen molar-refractivity contribution in [1.29, 1.82) is 0 Å². The number of nitrogens with zero attached hydrogens (tertiary/aromatic N) is 1.